The molecule has 1 aromatic rings. The van der Waals surface area contributed by atoms with Crippen LogP contribution < -0.4 is 10.1 Å². The van der Waals surface area contributed by atoms with E-state index in [2.05, 4.69) is 32.2 Å². The van der Waals surface area contributed by atoms with Crippen LogP contribution >= 0.6 is 24.0 Å². The van der Waals surface area contributed by atoms with Gasteiger partial charge in [-0.05, 0) is 51.8 Å². The third-order valence-electron chi connectivity index (χ3n) is 6.16. The summed E-state index contributed by atoms with van der Waals surface area (Å²) in [6.45, 7) is 6.91. The van der Waals surface area contributed by atoms with Crippen LogP contribution in [0, 0.1) is 5.92 Å². The third kappa shape index (κ3) is 6.71. The number of para-hydroxylation sites is 1. The largest absolute Gasteiger partial charge is 0.496 e. The van der Waals surface area contributed by atoms with E-state index in [1.807, 2.05) is 26.1 Å². The quantitative estimate of drug-likeness (QED) is 0.246. The van der Waals surface area contributed by atoms with Crippen molar-refractivity contribution in [1.29, 1.82) is 0 Å². The lowest BCUT2D eigenvalue weighted by atomic mass is 9.97. The number of halogens is 1. The fourth-order valence-corrected chi connectivity index (χ4v) is 4.54. The second-order valence-corrected chi connectivity index (χ2v) is 7.94. The van der Waals surface area contributed by atoms with Gasteiger partial charge in [-0.25, -0.2) is 0 Å². The maximum absolute atomic E-state index is 12.0. The van der Waals surface area contributed by atoms with Crippen LogP contribution in [0.3, 0.4) is 0 Å². The molecule has 0 saturated carbocycles. The first-order chi connectivity index (χ1) is 14.7. The number of carbonyl (C=O) groups excluding carboxylic acids is 1. The van der Waals surface area contributed by atoms with Crippen molar-refractivity contribution in [3.63, 3.8) is 0 Å². The van der Waals surface area contributed by atoms with Gasteiger partial charge < -0.3 is 19.7 Å². The topological polar surface area (TPSA) is 66.4 Å². The molecule has 2 aliphatic heterocycles. The molecule has 3 rings (SSSR count). The van der Waals surface area contributed by atoms with Crippen molar-refractivity contribution in [1.82, 2.24) is 15.1 Å². The number of likely N-dealkylation sites (tertiary alicyclic amines) is 2. The minimum Gasteiger partial charge on any atom is -0.496 e. The lowest BCUT2D eigenvalue weighted by Gasteiger charge is -2.35. The number of methoxy groups -OCH3 is 1. The molecule has 1 aromatic carbocycles. The van der Waals surface area contributed by atoms with Crippen LogP contribution in [0.4, 0.5) is 0 Å². The summed E-state index contributed by atoms with van der Waals surface area (Å²) < 4.78 is 10.8. The van der Waals surface area contributed by atoms with E-state index in [1.54, 1.807) is 7.11 Å². The number of benzene rings is 1. The molecule has 1 N–H and O–H groups in total. The van der Waals surface area contributed by atoms with Crippen molar-refractivity contribution < 1.29 is 14.3 Å². The van der Waals surface area contributed by atoms with Gasteiger partial charge in [0.2, 0.25) is 0 Å². The van der Waals surface area contributed by atoms with E-state index < -0.39 is 0 Å². The number of carbonyl (C=O) groups is 1. The third-order valence-corrected chi connectivity index (χ3v) is 6.16. The van der Waals surface area contributed by atoms with Crippen molar-refractivity contribution >= 4 is 35.9 Å². The standard InChI is InChI=1S/C23H36N4O3.HI/c1-4-30-22(28)18-11-15-27(16-12-18)23(24-2)25-17-20(26-13-7-8-14-26)19-9-5-6-10-21(19)29-3;/h5-6,9-10,18,20H,4,7-8,11-17H2,1-3H3,(H,24,25);1H. The number of guanidine groups is 1. The Morgan fingerprint density at radius 2 is 1.87 bits per heavy atom. The van der Waals surface area contributed by atoms with E-state index in [-0.39, 0.29) is 41.9 Å². The van der Waals surface area contributed by atoms with Gasteiger partial charge in [0, 0.05) is 32.2 Å². The highest BCUT2D eigenvalue weighted by atomic mass is 127. The average Bonchev–Trinajstić information content (AvgIpc) is 3.32. The molecule has 7 nitrogen and oxygen atoms in total. The predicted octanol–water partition coefficient (Wildman–Crippen LogP) is 3.30. The van der Waals surface area contributed by atoms with Gasteiger partial charge in [-0.2, -0.15) is 0 Å². The van der Waals surface area contributed by atoms with Crippen molar-refractivity contribution in [2.45, 2.75) is 38.6 Å². The number of esters is 1. The van der Waals surface area contributed by atoms with Crippen LogP contribution in [0.5, 0.6) is 5.75 Å². The molecule has 1 atom stereocenters. The number of hydrogen-bond acceptors (Lipinski definition) is 5. The number of rotatable bonds is 7. The highest BCUT2D eigenvalue weighted by molar-refractivity contribution is 14.0. The summed E-state index contributed by atoms with van der Waals surface area (Å²) in [7, 11) is 3.56. The van der Waals surface area contributed by atoms with Gasteiger partial charge in [-0.15, -0.1) is 24.0 Å². The first-order valence-electron chi connectivity index (χ1n) is 11.2. The summed E-state index contributed by atoms with van der Waals surface area (Å²) in [5, 5.41) is 3.60. The van der Waals surface area contributed by atoms with Gasteiger partial charge in [0.25, 0.3) is 0 Å². The van der Waals surface area contributed by atoms with Gasteiger partial charge in [0.15, 0.2) is 5.96 Å². The van der Waals surface area contributed by atoms with Gasteiger partial charge in [-0.1, -0.05) is 18.2 Å². The summed E-state index contributed by atoms with van der Waals surface area (Å²) in [4.78, 5) is 21.3. The summed E-state index contributed by atoms with van der Waals surface area (Å²) in [6.07, 6.45) is 4.09. The van der Waals surface area contributed by atoms with E-state index in [0.717, 1.165) is 57.3 Å². The number of nitrogens with one attached hydrogen (secondary N) is 1. The molecule has 0 amide bonds. The molecule has 2 fully saturated rings. The van der Waals surface area contributed by atoms with Gasteiger partial charge in [0.05, 0.1) is 25.7 Å². The maximum atomic E-state index is 12.0. The highest BCUT2D eigenvalue weighted by Crippen LogP contribution is 2.31. The lowest BCUT2D eigenvalue weighted by Crippen LogP contribution is -2.48. The van der Waals surface area contributed by atoms with Crippen LogP contribution in [0.1, 0.15) is 44.2 Å². The number of ether oxygens (including phenoxy) is 2. The van der Waals surface area contributed by atoms with Crippen molar-refractivity contribution in [3.8, 4) is 5.75 Å². The Hall–Kier alpha value is -1.55. The molecule has 0 aliphatic carbocycles. The Balaban J connectivity index is 0.00000341. The van der Waals surface area contributed by atoms with E-state index in [9.17, 15) is 4.79 Å². The van der Waals surface area contributed by atoms with Crippen LogP contribution in [0.25, 0.3) is 0 Å². The second-order valence-electron chi connectivity index (χ2n) is 7.94. The summed E-state index contributed by atoms with van der Waals surface area (Å²) >= 11 is 0. The minimum atomic E-state index is -0.0645. The van der Waals surface area contributed by atoms with Gasteiger partial charge >= 0.3 is 5.97 Å². The van der Waals surface area contributed by atoms with Crippen LogP contribution in [0.2, 0.25) is 0 Å². The monoisotopic (exact) mass is 544 g/mol. The Morgan fingerprint density at radius 3 is 2.48 bits per heavy atom. The first-order valence-corrected chi connectivity index (χ1v) is 11.2. The Morgan fingerprint density at radius 1 is 1.19 bits per heavy atom. The van der Waals surface area contributed by atoms with E-state index in [1.165, 1.54) is 18.4 Å². The van der Waals surface area contributed by atoms with Gasteiger partial charge in [-0.3, -0.25) is 14.7 Å². The van der Waals surface area contributed by atoms with Crippen LogP contribution in [-0.2, 0) is 9.53 Å². The molecule has 2 aliphatic rings. The highest BCUT2D eigenvalue weighted by Gasteiger charge is 2.29. The molecule has 0 spiro atoms. The van der Waals surface area contributed by atoms with Crippen molar-refractivity contribution in [3.05, 3.63) is 29.8 Å². The normalized spacial score (nSPS) is 18.9. The zero-order valence-corrected chi connectivity index (χ0v) is 21.3. The molecular weight excluding hydrogens is 507 g/mol. The molecule has 174 valence electrons. The zero-order valence-electron chi connectivity index (χ0n) is 19.0. The molecular formula is C23H37IN4O3. The first kappa shape index (κ1) is 25.7. The zero-order chi connectivity index (χ0) is 21.3. The van der Waals surface area contributed by atoms with Crippen molar-refractivity contribution in [2.75, 3.05) is 53.5 Å². The summed E-state index contributed by atoms with van der Waals surface area (Å²) in [5.74, 6) is 1.77. The average molecular weight is 544 g/mol. The van der Waals surface area contributed by atoms with Gasteiger partial charge in [0.1, 0.15) is 5.75 Å². The maximum Gasteiger partial charge on any atom is 0.309 e. The minimum absolute atomic E-state index is 0. The predicted molar refractivity (Wildman–Crippen MR) is 134 cm³/mol. The number of aliphatic imine (C=N–C) groups is 1. The Kier molecular flexibility index (Phi) is 10.9. The number of piperidine rings is 1. The second kappa shape index (κ2) is 13.1. The number of hydrogen-bond donors (Lipinski definition) is 1. The van der Waals surface area contributed by atoms with Crippen molar-refractivity contribution in [2.24, 2.45) is 10.9 Å². The summed E-state index contributed by atoms with van der Waals surface area (Å²) in [6, 6.07) is 8.53. The molecule has 0 radical (unpaired) electrons. The smallest absolute Gasteiger partial charge is 0.309 e. The molecule has 2 heterocycles. The molecule has 1 unspecified atom stereocenters. The Bertz CT molecular complexity index is 717. The molecule has 0 bridgehead atoms. The molecule has 2 saturated heterocycles. The molecule has 0 aromatic heterocycles. The van der Waals surface area contributed by atoms with Crippen LogP contribution in [0.15, 0.2) is 29.3 Å². The molecule has 8 heteroatoms. The fourth-order valence-electron chi connectivity index (χ4n) is 4.54. The molecule has 31 heavy (non-hydrogen) atoms. The van der Waals surface area contributed by atoms with E-state index >= 15 is 0 Å². The van der Waals surface area contributed by atoms with Crippen LogP contribution in [-0.4, -0.2) is 75.2 Å². The Labute approximate surface area is 203 Å². The fraction of sp³-hybridized carbons (Fsp3) is 0.652. The van der Waals surface area contributed by atoms with E-state index in [4.69, 9.17) is 9.47 Å². The summed E-state index contributed by atoms with van der Waals surface area (Å²) in [5.41, 5.74) is 1.21. The van der Waals surface area contributed by atoms with E-state index in [0.29, 0.717) is 6.61 Å². The number of nitrogens with zero attached hydrogens (tertiary/aromatic N) is 3. The SMILES string of the molecule is CCOC(=O)C1CCN(C(=NC)NCC(c2ccccc2OC)N2CCCC2)CC1.I. The lowest BCUT2D eigenvalue weighted by molar-refractivity contribution is -0.149.